The number of carbonyl (C=O) groups excluding carboxylic acids is 1. The average Bonchev–Trinajstić information content (AvgIpc) is 2.88. The fourth-order valence-corrected chi connectivity index (χ4v) is 4.53. The smallest absolute Gasteiger partial charge is 0.253 e. The van der Waals surface area contributed by atoms with Gasteiger partial charge in [0.15, 0.2) is 0 Å². The first-order valence-corrected chi connectivity index (χ1v) is 7.61. The van der Waals surface area contributed by atoms with Crippen molar-refractivity contribution in [3.8, 4) is 6.07 Å². The summed E-state index contributed by atoms with van der Waals surface area (Å²) in [7, 11) is -3.83. The van der Waals surface area contributed by atoms with E-state index >= 15 is 0 Å². The van der Waals surface area contributed by atoms with Crippen LogP contribution in [-0.4, -0.2) is 44.4 Å². The zero-order chi connectivity index (χ0) is 14.0. The van der Waals surface area contributed by atoms with E-state index in [2.05, 4.69) is 0 Å². The van der Waals surface area contributed by atoms with Crippen molar-refractivity contribution in [2.45, 2.75) is 10.3 Å². The molecule has 1 amide bonds. The van der Waals surface area contributed by atoms with Crippen LogP contribution >= 0.6 is 11.3 Å². The highest BCUT2D eigenvalue weighted by Gasteiger charge is 2.38. The maximum atomic E-state index is 12.4. The van der Waals surface area contributed by atoms with Crippen LogP contribution in [0.3, 0.4) is 0 Å². The van der Waals surface area contributed by atoms with Crippen LogP contribution in [0.25, 0.3) is 0 Å². The molecule has 0 aromatic carbocycles. The molecule has 1 saturated heterocycles. The topological polar surface area (TPSA) is 113 Å². The van der Waals surface area contributed by atoms with Gasteiger partial charge in [0, 0.05) is 6.54 Å². The summed E-state index contributed by atoms with van der Waals surface area (Å²) in [5, 5.41) is 8.73. The van der Waals surface area contributed by atoms with Crippen molar-refractivity contribution >= 4 is 27.3 Å². The van der Waals surface area contributed by atoms with Crippen LogP contribution in [-0.2, 0) is 19.6 Å². The molecule has 0 radical (unpaired) electrons. The van der Waals surface area contributed by atoms with Gasteiger partial charge in [-0.2, -0.15) is 9.57 Å². The number of amides is 1. The molecule has 1 unspecified atom stereocenters. The molecule has 1 fully saturated rings. The molecule has 1 atom stereocenters. The standard InChI is InChI=1S/C10H11N3O4S2/c11-5-7-1-2-9(18-7)19(15,16)13-3-4-17-6-8(13)10(12)14/h1-2,8H,3-4,6H2,(H2,12,14). The number of ether oxygens (including phenoxy) is 1. The SMILES string of the molecule is N#Cc1ccc(S(=O)(=O)N2CCOCC2C(N)=O)s1. The lowest BCUT2D eigenvalue weighted by molar-refractivity contribution is -0.125. The van der Waals surface area contributed by atoms with Gasteiger partial charge < -0.3 is 10.5 Å². The second-order valence-electron chi connectivity index (χ2n) is 3.84. The molecular formula is C10H11N3O4S2. The summed E-state index contributed by atoms with van der Waals surface area (Å²) in [5.74, 6) is -0.750. The van der Waals surface area contributed by atoms with E-state index in [9.17, 15) is 13.2 Å². The molecule has 19 heavy (non-hydrogen) atoms. The van der Waals surface area contributed by atoms with Crippen molar-refractivity contribution in [1.29, 1.82) is 5.26 Å². The van der Waals surface area contributed by atoms with Crippen LogP contribution in [0.4, 0.5) is 0 Å². The number of nitriles is 1. The van der Waals surface area contributed by atoms with E-state index in [4.69, 9.17) is 15.7 Å². The molecule has 2 rings (SSSR count). The summed E-state index contributed by atoms with van der Waals surface area (Å²) in [6, 6.07) is 3.65. The Kier molecular flexibility index (Phi) is 3.86. The van der Waals surface area contributed by atoms with Crippen LogP contribution in [0.1, 0.15) is 4.88 Å². The summed E-state index contributed by atoms with van der Waals surface area (Å²) in [6.45, 7) is 0.222. The first-order chi connectivity index (χ1) is 8.96. The molecule has 1 aliphatic heterocycles. The summed E-state index contributed by atoms with van der Waals surface area (Å²) in [4.78, 5) is 11.6. The average molecular weight is 301 g/mol. The van der Waals surface area contributed by atoms with Crippen molar-refractivity contribution in [3.05, 3.63) is 17.0 Å². The van der Waals surface area contributed by atoms with E-state index in [0.29, 0.717) is 4.88 Å². The fraction of sp³-hybridized carbons (Fsp3) is 0.400. The van der Waals surface area contributed by atoms with E-state index in [1.54, 1.807) is 0 Å². The zero-order valence-corrected chi connectivity index (χ0v) is 11.4. The van der Waals surface area contributed by atoms with Gasteiger partial charge in [-0.25, -0.2) is 8.42 Å². The third-order valence-electron chi connectivity index (χ3n) is 2.66. The Balaban J connectivity index is 2.37. The fourth-order valence-electron chi connectivity index (χ4n) is 1.73. The molecule has 0 spiro atoms. The number of hydrogen-bond donors (Lipinski definition) is 1. The first-order valence-electron chi connectivity index (χ1n) is 5.35. The minimum atomic E-state index is -3.83. The lowest BCUT2D eigenvalue weighted by Gasteiger charge is -2.31. The van der Waals surface area contributed by atoms with Gasteiger partial charge in [-0.15, -0.1) is 11.3 Å². The highest BCUT2D eigenvalue weighted by Crippen LogP contribution is 2.26. The third kappa shape index (κ3) is 2.62. The molecule has 1 aliphatic rings. The Hall–Kier alpha value is -1.47. The number of nitrogens with two attached hydrogens (primary N) is 1. The summed E-state index contributed by atoms with van der Waals surface area (Å²) in [6.07, 6.45) is 0. The van der Waals surface area contributed by atoms with Gasteiger partial charge in [-0.3, -0.25) is 4.79 Å². The van der Waals surface area contributed by atoms with Crippen LogP contribution in [0, 0.1) is 11.3 Å². The van der Waals surface area contributed by atoms with Crippen LogP contribution in [0.2, 0.25) is 0 Å². The molecule has 1 aromatic heterocycles. The summed E-state index contributed by atoms with van der Waals surface area (Å²) < 4.78 is 30.9. The Morgan fingerprint density at radius 1 is 1.58 bits per heavy atom. The summed E-state index contributed by atoms with van der Waals surface area (Å²) >= 11 is 0.864. The molecule has 0 bridgehead atoms. The Bertz CT molecular complexity index is 631. The molecular weight excluding hydrogens is 290 g/mol. The largest absolute Gasteiger partial charge is 0.378 e. The number of thiophene rings is 1. The third-order valence-corrected chi connectivity index (χ3v) is 6.03. The van der Waals surface area contributed by atoms with Gasteiger partial charge in [-0.05, 0) is 12.1 Å². The minimum absolute atomic E-state index is 0.0252. The highest BCUT2D eigenvalue weighted by atomic mass is 32.2. The van der Waals surface area contributed by atoms with Crippen molar-refractivity contribution in [2.75, 3.05) is 19.8 Å². The van der Waals surface area contributed by atoms with Gasteiger partial charge in [0.1, 0.15) is 21.2 Å². The molecule has 7 nitrogen and oxygen atoms in total. The molecule has 2 N–H and O–H groups in total. The van der Waals surface area contributed by atoms with E-state index in [1.165, 1.54) is 12.1 Å². The van der Waals surface area contributed by atoms with Gasteiger partial charge in [0.05, 0.1) is 13.2 Å². The predicted molar refractivity (Wildman–Crippen MR) is 66.7 cm³/mol. The minimum Gasteiger partial charge on any atom is -0.378 e. The number of primary amides is 1. The predicted octanol–water partition coefficient (Wildman–Crippen LogP) is -0.505. The van der Waals surface area contributed by atoms with E-state index in [-0.39, 0.29) is 24.0 Å². The Labute approximate surface area is 114 Å². The van der Waals surface area contributed by atoms with Crippen molar-refractivity contribution in [3.63, 3.8) is 0 Å². The Morgan fingerprint density at radius 3 is 2.89 bits per heavy atom. The number of morpholine rings is 1. The highest BCUT2D eigenvalue weighted by molar-refractivity contribution is 7.91. The zero-order valence-electron chi connectivity index (χ0n) is 9.77. The second kappa shape index (κ2) is 5.26. The second-order valence-corrected chi connectivity index (χ2v) is 7.04. The molecule has 102 valence electrons. The number of hydrogen-bond acceptors (Lipinski definition) is 6. The van der Waals surface area contributed by atoms with Gasteiger partial charge in [0.25, 0.3) is 10.0 Å². The van der Waals surface area contributed by atoms with E-state index in [1.807, 2.05) is 6.07 Å². The lowest BCUT2D eigenvalue weighted by Crippen LogP contribution is -2.54. The van der Waals surface area contributed by atoms with Crippen molar-refractivity contribution in [2.24, 2.45) is 5.73 Å². The monoisotopic (exact) mass is 301 g/mol. The number of nitrogens with zero attached hydrogens (tertiary/aromatic N) is 2. The maximum absolute atomic E-state index is 12.4. The lowest BCUT2D eigenvalue weighted by atomic mass is 10.3. The van der Waals surface area contributed by atoms with E-state index < -0.39 is 22.0 Å². The van der Waals surface area contributed by atoms with Gasteiger partial charge in [0.2, 0.25) is 5.91 Å². The van der Waals surface area contributed by atoms with Crippen molar-refractivity contribution < 1.29 is 17.9 Å². The molecule has 0 aliphatic carbocycles. The van der Waals surface area contributed by atoms with Gasteiger partial charge >= 0.3 is 0 Å². The summed E-state index contributed by atoms with van der Waals surface area (Å²) in [5.41, 5.74) is 5.19. The van der Waals surface area contributed by atoms with Crippen molar-refractivity contribution in [1.82, 2.24) is 4.31 Å². The Morgan fingerprint density at radius 2 is 2.32 bits per heavy atom. The van der Waals surface area contributed by atoms with Crippen LogP contribution in [0.5, 0.6) is 0 Å². The van der Waals surface area contributed by atoms with Crippen LogP contribution < -0.4 is 5.73 Å². The van der Waals surface area contributed by atoms with Crippen LogP contribution in [0.15, 0.2) is 16.3 Å². The molecule has 2 heterocycles. The number of carbonyl (C=O) groups is 1. The van der Waals surface area contributed by atoms with Gasteiger partial charge in [-0.1, -0.05) is 0 Å². The normalized spacial score (nSPS) is 20.9. The first kappa shape index (κ1) is 14.0. The molecule has 9 heteroatoms. The molecule has 1 aromatic rings. The number of rotatable bonds is 3. The quantitative estimate of drug-likeness (QED) is 0.808. The van der Waals surface area contributed by atoms with E-state index in [0.717, 1.165) is 15.6 Å². The maximum Gasteiger partial charge on any atom is 0.253 e. The molecule has 0 saturated carbocycles. The number of sulfonamides is 1.